The molecule has 6 heteroatoms. The van der Waals surface area contributed by atoms with Crippen molar-refractivity contribution in [3.05, 3.63) is 47.2 Å². The van der Waals surface area contributed by atoms with Gasteiger partial charge in [0.25, 0.3) is 0 Å². The van der Waals surface area contributed by atoms with Crippen molar-refractivity contribution in [1.82, 2.24) is 10.2 Å². The van der Waals surface area contributed by atoms with Crippen LogP contribution in [-0.2, 0) is 15.6 Å². The zero-order valence-corrected chi connectivity index (χ0v) is 14.1. The smallest absolute Gasteiger partial charge is 0.138 e. The number of nitriles is 1. The molecule has 2 saturated carbocycles. The zero-order chi connectivity index (χ0) is 18.3. The van der Waals surface area contributed by atoms with Crippen LogP contribution in [0.5, 0.6) is 0 Å². The van der Waals surface area contributed by atoms with Gasteiger partial charge in [0.15, 0.2) is 0 Å². The molecule has 0 spiro atoms. The van der Waals surface area contributed by atoms with E-state index in [0.717, 1.165) is 24.8 Å². The summed E-state index contributed by atoms with van der Waals surface area (Å²) in [6.07, 6.45) is 3.15. The number of rotatable bonds is 3. The molecule has 1 aromatic heterocycles. The highest BCUT2D eigenvalue weighted by atomic mass is 19.1. The van der Waals surface area contributed by atoms with Crippen molar-refractivity contribution in [3.8, 4) is 17.3 Å². The van der Waals surface area contributed by atoms with Crippen molar-refractivity contribution in [1.29, 1.82) is 5.26 Å². The van der Waals surface area contributed by atoms with E-state index in [4.69, 9.17) is 0 Å². The van der Waals surface area contributed by atoms with Crippen LogP contribution < -0.4 is 0 Å². The molecule has 3 aliphatic carbocycles. The molecule has 1 aromatic carbocycles. The van der Waals surface area contributed by atoms with Gasteiger partial charge in [-0.05, 0) is 48.4 Å². The maximum Gasteiger partial charge on any atom is 0.138 e. The first-order valence-corrected chi connectivity index (χ1v) is 8.63. The summed E-state index contributed by atoms with van der Waals surface area (Å²) in [5.41, 5.74) is 0.518. The van der Waals surface area contributed by atoms with Crippen molar-refractivity contribution >= 4 is 6.29 Å². The fraction of sp³-hybridized carbons (Fsp3) is 0.400. The third kappa shape index (κ3) is 1.40. The van der Waals surface area contributed by atoms with Gasteiger partial charge in [0.1, 0.15) is 23.8 Å². The Morgan fingerprint density at radius 3 is 2.62 bits per heavy atom. The average Bonchev–Trinajstić information content (AvgIpc) is 3.11. The van der Waals surface area contributed by atoms with E-state index in [9.17, 15) is 18.8 Å². The van der Waals surface area contributed by atoms with Crippen LogP contribution in [0.4, 0.5) is 8.78 Å². The molecule has 0 radical (unpaired) electrons. The normalized spacial score (nSPS) is 33.9. The van der Waals surface area contributed by atoms with E-state index < -0.39 is 23.0 Å². The quantitative estimate of drug-likeness (QED) is 0.795. The van der Waals surface area contributed by atoms with E-state index >= 15 is 0 Å². The van der Waals surface area contributed by atoms with Crippen molar-refractivity contribution < 1.29 is 13.6 Å². The molecule has 2 bridgehead atoms. The average molecular weight is 351 g/mol. The zero-order valence-electron chi connectivity index (χ0n) is 14.1. The second-order valence-corrected chi connectivity index (χ2v) is 7.89. The molecule has 5 rings (SSSR count). The van der Waals surface area contributed by atoms with E-state index in [2.05, 4.69) is 23.2 Å². The van der Waals surface area contributed by atoms with Crippen LogP contribution in [0, 0.1) is 34.3 Å². The van der Waals surface area contributed by atoms with Crippen molar-refractivity contribution in [2.75, 3.05) is 0 Å². The van der Waals surface area contributed by atoms with Crippen LogP contribution >= 0.6 is 0 Å². The molecular formula is C20H15F2N3O. The van der Waals surface area contributed by atoms with E-state index in [1.54, 1.807) is 6.07 Å². The van der Waals surface area contributed by atoms with Crippen LogP contribution in [0.2, 0.25) is 0 Å². The van der Waals surface area contributed by atoms with Crippen molar-refractivity contribution in [2.45, 2.75) is 37.0 Å². The maximum absolute atomic E-state index is 14.2. The lowest BCUT2D eigenvalue weighted by Crippen LogP contribution is -2.41. The Balaban J connectivity index is 1.75. The van der Waals surface area contributed by atoms with Gasteiger partial charge in [-0.2, -0.15) is 15.5 Å². The molecule has 1 heterocycles. The molecule has 26 heavy (non-hydrogen) atoms. The number of nitrogens with zero attached hydrogens (tertiary/aromatic N) is 3. The first-order chi connectivity index (χ1) is 12.4. The number of halogens is 2. The van der Waals surface area contributed by atoms with Crippen molar-refractivity contribution in [2.24, 2.45) is 11.3 Å². The third-order valence-electron chi connectivity index (χ3n) is 7.27. The molecule has 2 aromatic rings. The van der Waals surface area contributed by atoms with Gasteiger partial charge in [0.05, 0.1) is 23.0 Å². The highest BCUT2D eigenvalue weighted by molar-refractivity contribution is 5.72. The van der Waals surface area contributed by atoms with Crippen LogP contribution in [0.25, 0.3) is 11.3 Å². The summed E-state index contributed by atoms with van der Waals surface area (Å²) in [6.45, 7) is 2.10. The van der Waals surface area contributed by atoms with Crippen molar-refractivity contribution in [3.63, 3.8) is 0 Å². The Hall–Kier alpha value is -2.68. The standard InChI is InChI=1S/C20H15F2N3O/c1-18-10-19(18)5-6-20(18,11(8-23)9-26)17-12(19)7-15(24-25-17)16-13(21)3-2-4-14(16)22/h2-4,7,9,11H,5-6,10H2,1H3/t11?,18?,19?,20-/m0/s1. The van der Waals surface area contributed by atoms with Gasteiger partial charge in [-0.1, -0.05) is 13.0 Å². The lowest BCUT2D eigenvalue weighted by atomic mass is 9.64. The molecular weight excluding hydrogens is 336 g/mol. The summed E-state index contributed by atoms with van der Waals surface area (Å²) in [5.74, 6) is -2.16. The Bertz CT molecular complexity index is 1010. The van der Waals surface area contributed by atoms with Crippen LogP contribution in [0.1, 0.15) is 37.4 Å². The molecule has 130 valence electrons. The van der Waals surface area contributed by atoms with Crippen LogP contribution in [0.3, 0.4) is 0 Å². The van der Waals surface area contributed by atoms with Crippen LogP contribution in [-0.4, -0.2) is 16.5 Å². The Morgan fingerprint density at radius 2 is 2.00 bits per heavy atom. The number of fused-ring (bicyclic) bond motifs is 2. The monoisotopic (exact) mass is 351 g/mol. The minimum atomic E-state index is -0.788. The minimum Gasteiger partial charge on any atom is -0.302 e. The predicted octanol–water partition coefficient (Wildman–Crippen LogP) is 3.45. The first kappa shape index (κ1) is 15.6. The number of carbonyl (C=O) groups excluding carboxylic acids is 1. The SMILES string of the molecule is CC12CC13CC[C@]2(C(C#N)C=O)c1nnc(-c2c(F)cccc2F)cc13. The first-order valence-electron chi connectivity index (χ1n) is 8.63. The minimum absolute atomic E-state index is 0.158. The number of aromatic nitrogens is 2. The van der Waals surface area contributed by atoms with E-state index in [-0.39, 0.29) is 22.1 Å². The molecule has 3 aliphatic rings. The number of aldehydes is 1. The maximum atomic E-state index is 14.2. The topological polar surface area (TPSA) is 66.6 Å². The summed E-state index contributed by atoms with van der Waals surface area (Å²) in [4.78, 5) is 11.6. The fourth-order valence-electron chi connectivity index (χ4n) is 5.96. The van der Waals surface area contributed by atoms with Gasteiger partial charge in [0.2, 0.25) is 0 Å². The molecule has 0 amide bonds. The van der Waals surface area contributed by atoms with Gasteiger partial charge < -0.3 is 4.79 Å². The highest BCUT2D eigenvalue weighted by Gasteiger charge is 2.85. The Kier molecular flexibility index (Phi) is 2.71. The van der Waals surface area contributed by atoms with Gasteiger partial charge in [-0.3, -0.25) is 0 Å². The third-order valence-corrected chi connectivity index (χ3v) is 7.27. The number of benzene rings is 1. The van der Waals surface area contributed by atoms with Gasteiger partial charge in [-0.15, -0.1) is 0 Å². The number of hydrogen-bond donors (Lipinski definition) is 0. The van der Waals surface area contributed by atoms with E-state index in [1.807, 2.05) is 0 Å². The predicted molar refractivity (Wildman–Crippen MR) is 87.9 cm³/mol. The summed E-state index contributed by atoms with van der Waals surface area (Å²) in [6, 6.07) is 7.55. The van der Waals surface area contributed by atoms with Gasteiger partial charge in [0, 0.05) is 10.8 Å². The molecule has 3 unspecified atom stereocenters. The largest absolute Gasteiger partial charge is 0.302 e. The Labute approximate surface area is 148 Å². The van der Waals surface area contributed by atoms with E-state index in [0.29, 0.717) is 12.0 Å². The molecule has 4 nitrogen and oxygen atoms in total. The lowest BCUT2D eigenvalue weighted by Gasteiger charge is -2.37. The summed E-state index contributed by atoms with van der Waals surface area (Å²) in [7, 11) is 0. The van der Waals surface area contributed by atoms with Crippen LogP contribution in [0.15, 0.2) is 24.3 Å². The second-order valence-electron chi connectivity index (χ2n) is 7.89. The van der Waals surface area contributed by atoms with Gasteiger partial charge >= 0.3 is 0 Å². The molecule has 0 N–H and O–H groups in total. The summed E-state index contributed by atoms with van der Waals surface area (Å²) in [5, 5.41) is 18.0. The molecule has 2 fully saturated rings. The summed E-state index contributed by atoms with van der Waals surface area (Å²) < 4.78 is 28.3. The van der Waals surface area contributed by atoms with Gasteiger partial charge in [-0.25, -0.2) is 8.78 Å². The lowest BCUT2D eigenvalue weighted by molar-refractivity contribution is -0.112. The molecule has 0 saturated heterocycles. The highest BCUT2D eigenvalue weighted by Crippen LogP contribution is 2.86. The fourth-order valence-corrected chi connectivity index (χ4v) is 5.96. The Morgan fingerprint density at radius 1 is 1.27 bits per heavy atom. The number of hydrogen-bond acceptors (Lipinski definition) is 4. The summed E-state index contributed by atoms with van der Waals surface area (Å²) >= 11 is 0. The molecule has 0 aliphatic heterocycles. The second kappa shape index (κ2) is 4.53. The molecule has 4 atom stereocenters. The van der Waals surface area contributed by atoms with E-state index in [1.165, 1.54) is 18.2 Å². The number of carbonyl (C=O) groups is 1.